The summed E-state index contributed by atoms with van der Waals surface area (Å²) in [6.07, 6.45) is 8.02. The quantitative estimate of drug-likeness (QED) is 0.455. The normalized spacial score (nSPS) is 20.8. The van der Waals surface area contributed by atoms with E-state index in [9.17, 15) is 10.1 Å². The molecule has 6 rings (SSSR count). The third-order valence-electron chi connectivity index (χ3n) is 7.21. The molecule has 178 valence electrons. The Labute approximate surface area is 202 Å². The summed E-state index contributed by atoms with van der Waals surface area (Å²) in [5.74, 6) is 1.40. The summed E-state index contributed by atoms with van der Waals surface area (Å²) in [6, 6.07) is 8.16. The molecule has 0 aliphatic carbocycles. The molecule has 0 spiro atoms. The summed E-state index contributed by atoms with van der Waals surface area (Å²) < 4.78 is 9.87. The number of ether oxygens (including phenoxy) is 1. The molecule has 9 heteroatoms. The Kier molecular flexibility index (Phi) is 5.26. The van der Waals surface area contributed by atoms with Crippen molar-refractivity contribution in [2.24, 2.45) is 13.0 Å². The van der Waals surface area contributed by atoms with Gasteiger partial charge in [0.15, 0.2) is 0 Å². The SMILES string of the molecule is C[C@@H]1CC(n2c(CC3CN(C(=O)c4cnn(C)c4)C3)nc3cnc4ccc(C#N)cc4c32)CCO1. The summed E-state index contributed by atoms with van der Waals surface area (Å²) in [6.45, 7) is 4.25. The van der Waals surface area contributed by atoms with Crippen molar-refractivity contribution in [3.05, 3.63) is 53.7 Å². The number of amides is 1. The summed E-state index contributed by atoms with van der Waals surface area (Å²) in [7, 11) is 1.81. The molecule has 0 bridgehead atoms. The second kappa shape index (κ2) is 8.47. The first-order valence-electron chi connectivity index (χ1n) is 12.1. The summed E-state index contributed by atoms with van der Waals surface area (Å²) in [4.78, 5) is 24.3. The highest BCUT2D eigenvalue weighted by Gasteiger charge is 2.34. The number of rotatable bonds is 4. The van der Waals surface area contributed by atoms with Crippen molar-refractivity contribution >= 4 is 27.8 Å². The third kappa shape index (κ3) is 3.84. The number of hydrogen-bond acceptors (Lipinski definition) is 6. The van der Waals surface area contributed by atoms with Crippen LogP contribution in [0.2, 0.25) is 0 Å². The van der Waals surface area contributed by atoms with Crippen LogP contribution in [0.1, 0.15) is 47.6 Å². The number of pyridine rings is 1. The second-order valence-corrected chi connectivity index (χ2v) is 9.78. The predicted octanol–water partition coefficient (Wildman–Crippen LogP) is 3.24. The van der Waals surface area contributed by atoms with Crippen LogP contribution in [-0.2, 0) is 18.2 Å². The van der Waals surface area contributed by atoms with E-state index in [1.165, 1.54) is 0 Å². The Balaban J connectivity index is 1.35. The van der Waals surface area contributed by atoms with Gasteiger partial charge in [0.05, 0.1) is 46.7 Å². The van der Waals surface area contributed by atoms with Crippen LogP contribution in [0.4, 0.5) is 0 Å². The number of hydrogen-bond donors (Lipinski definition) is 0. The van der Waals surface area contributed by atoms with Crippen molar-refractivity contribution in [1.82, 2.24) is 29.2 Å². The number of fused-ring (bicyclic) bond motifs is 3. The van der Waals surface area contributed by atoms with Gasteiger partial charge in [-0.3, -0.25) is 14.5 Å². The average Bonchev–Trinajstić information content (AvgIpc) is 3.43. The van der Waals surface area contributed by atoms with Crippen LogP contribution in [0.25, 0.3) is 21.9 Å². The molecule has 0 N–H and O–H groups in total. The van der Waals surface area contributed by atoms with E-state index in [1.54, 1.807) is 17.1 Å². The monoisotopic (exact) mass is 469 g/mol. The fourth-order valence-corrected chi connectivity index (χ4v) is 5.48. The molecule has 5 heterocycles. The first-order valence-corrected chi connectivity index (χ1v) is 12.1. The van der Waals surface area contributed by atoms with Gasteiger partial charge >= 0.3 is 0 Å². The van der Waals surface area contributed by atoms with Crippen LogP contribution in [0.5, 0.6) is 0 Å². The van der Waals surface area contributed by atoms with Crippen molar-refractivity contribution in [2.45, 2.75) is 38.3 Å². The van der Waals surface area contributed by atoms with Gasteiger partial charge in [0.25, 0.3) is 5.91 Å². The minimum absolute atomic E-state index is 0.0281. The highest BCUT2D eigenvalue weighted by atomic mass is 16.5. The molecule has 2 aliphatic heterocycles. The van der Waals surface area contributed by atoms with E-state index in [0.29, 0.717) is 36.7 Å². The first-order chi connectivity index (χ1) is 17.0. The molecule has 2 atom stereocenters. The fraction of sp³-hybridized carbons (Fsp3) is 0.423. The molecule has 2 aliphatic rings. The summed E-state index contributed by atoms with van der Waals surface area (Å²) >= 11 is 0. The number of likely N-dealkylation sites (tertiary alicyclic amines) is 1. The Hall–Kier alpha value is -3.77. The molecule has 1 amide bonds. The number of benzene rings is 1. The molecule has 4 aromatic rings. The van der Waals surface area contributed by atoms with Gasteiger partial charge in [-0.15, -0.1) is 0 Å². The lowest BCUT2D eigenvalue weighted by molar-refractivity contribution is 0.00581. The summed E-state index contributed by atoms with van der Waals surface area (Å²) in [5, 5.41) is 14.6. The Morgan fingerprint density at radius 2 is 2.11 bits per heavy atom. The first kappa shape index (κ1) is 21.7. The standard InChI is InChI=1S/C26H27N7O2/c1-16-7-20(5-6-35-16)33-24(9-18-13-32(14-18)26(34)19-11-29-31(2)15-19)30-23-12-28-22-4-3-17(10-27)8-21(22)25(23)33/h3-4,8,11-12,15-16,18,20H,5-7,9,13-14H2,1-2H3/t16-,20?/m1/s1. The maximum Gasteiger partial charge on any atom is 0.257 e. The third-order valence-corrected chi connectivity index (χ3v) is 7.21. The smallest absolute Gasteiger partial charge is 0.257 e. The van der Waals surface area contributed by atoms with Gasteiger partial charge in [0.2, 0.25) is 0 Å². The molecule has 0 saturated carbocycles. The van der Waals surface area contributed by atoms with E-state index in [1.807, 2.05) is 36.3 Å². The van der Waals surface area contributed by atoms with E-state index in [4.69, 9.17) is 9.72 Å². The Bertz CT molecular complexity index is 1470. The number of aromatic nitrogens is 5. The van der Waals surface area contributed by atoms with Crippen molar-refractivity contribution in [3.8, 4) is 6.07 Å². The fourth-order valence-electron chi connectivity index (χ4n) is 5.48. The molecule has 35 heavy (non-hydrogen) atoms. The van der Waals surface area contributed by atoms with E-state index >= 15 is 0 Å². The van der Waals surface area contributed by atoms with Gasteiger partial charge in [-0.25, -0.2) is 4.98 Å². The number of nitrogens with zero attached hydrogens (tertiary/aromatic N) is 7. The zero-order valence-corrected chi connectivity index (χ0v) is 19.9. The van der Waals surface area contributed by atoms with Gasteiger partial charge in [0, 0.05) is 56.7 Å². The molecular formula is C26H27N7O2. The van der Waals surface area contributed by atoms with E-state index in [2.05, 4.69) is 27.6 Å². The lowest BCUT2D eigenvalue weighted by Crippen LogP contribution is -2.51. The lowest BCUT2D eigenvalue weighted by atomic mass is 9.94. The minimum Gasteiger partial charge on any atom is -0.378 e. The zero-order chi connectivity index (χ0) is 24.1. The van der Waals surface area contributed by atoms with Gasteiger partial charge < -0.3 is 14.2 Å². The maximum absolute atomic E-state index is 12.7. The molecule has 1 aromatic carbocycles. The molecule has 1 unspecified atom stereocenters. The number of nitriles is 1. The molecule has 9 nitrogen and oxygen atoms in total. The second-order valence-electron chi connectivity index (χ2n) is 9.78. The van der Waals surface area contributed by atoms with E-state index in [0.717, 1.165) is 47.0 Å². The van der Waals surface area contributed by atoms with Crippen molar-refractivity contribution in [3.63, 3.8) is 0 Å². The summed E-state index contributed by atoms with van der Waals surface area (Å²) in [5.41, 5.74) is 4.00. The Morgan fingerprint density at radius 1 is 1.26 bits per heavy atom. The van der Waals surface area contributed by atoms with Crippen LogP contribution in [-0.4, -0.2) is 60.9 Å². The number of imidazole rings is 1. The van der Waals surface area contributed by atoms with Crippen molar-refractivity contribution in [2.75, 3.05) is 19.7 Å². The van der Waals surface area contributed by atoms with Crippen LogP contribution in [0, 0.1) is 17.2 Å². The van der Waals surface area contributed by atoms with Crippen LogP contribution >= 0.6 is 0 Å². The van der Waals surface area contributed by atoms with Gasteiger partial charge in [0.1, 0.15) is 11.3 Å². The topological polar surface area (TPSA) is 102 Å². The van der Waals surface area contributed by atoms with Crippen LogP contribution in [0.15, 0.2) is 36.8 Å². The lowest BCUT2D eigenvalue weighted by Gasteiger charge is -2.39. The van der Waals surface area contributed by atoms with E-state index in [-0.39, 0.29) is 18.1 Å². The molecule has 0 radical (unpaired) electrons. The molecular weight excluding hydrogens is 442 g/mol. The van der Waals surface area contributed by atoms with Gasteiger partial charge in [-0.05, 0) is 38.0 Å². The largest absolute Gasteiger partial charge is 0.378 e. The predicted molar refractivity (Wildman–Crippen MR) is 130 cm³/mol. The van der Waals surface area contributed by atoms with Gasteiger partial charge in [-0.1, -0.05) is 0 Å². The number of carbonyl (C=O) groups is 1. The maximum atomic E-state index is 12.7. The molecule has 2 fully saturated rings. The van der Waals surface area contributed by atoms with Crippen molar-refractivity contribution < 1.29 is 9.53 Å². The highest BCUT2D eigenvalue weighted by molar-refractivity contribution is 6.03. The number of carbonyl (C=O) groups excluding carboxylic acids is 1. The molecule has 2 saturated heterocycles. The average molecular weight is 470 g/mol. The zero-order valence-electron chi connectivity index (χ0n) is 19.9. The Morgan fingerprint density at radius 3 is 2.86 bits per heavy atom. The molecule has 3 aromatic heterocycles. The number of aryl methyl sites for hydroxylation is 1. The van der Waals surface area contributed by atoms with Crippen LogP contribution < -0.4 is 0 Å². The van der Waals surface area contributed by atoms with E-state index < -0.39 is 0 Å². The van der Waals surface area contributed by atoms with Crippen molar-refractivity contribution in [1.29, 1.82) is 5.26 Å². The minimum atomic E-state index is 0.0281. The van der Waals surface area contributed by atoms with Gasteiger partial charge in [-0.2, -0.15) is 10.4 Å². The van der Waals surface area contributed by atoms with Crippen LogP contribution in [0.3, 0.4) is 0 Å². The highest BCUT2D eigenvalue weighted by Crippen LogP contribution is 2.35.